The average Bonchev–Trinajstić information content (AvgIpc) is 2.72. The molecule has 7 nitrogen and oxygen atoms in total. The van der Waals surface area contributed by atoms with Gasteiger partial charge in [-0.25, -0.2) is 4.68 Å². The number of rotatable bonds is 8. The Hall–Kier alpha value is -2.22. The van der Waals surface area contributed by atoms with Crippen LogP contribution < -0.4 is 15.8 Å². The number of halogens is 1. The fraction of sp³-hybridized carbons (Fsp3) is 0.450. The van der Waals surface area contributed by atoms with Gasteiger partial charge in [0.25, 0.3) is 5.56 Å². The first-order chi connectivity index (χ1) is 13.6. The highest BCUT2D eigenvalue weighted by Gasteiger charge is 2.13. The van der Waals surface area contributed by atoms with E-state index in [-0.39, 0.29) is 24.4 Å². The summed E-state index contributed by atoms with van der Waals surface area (Å²) in [6, 6.07) is 10.4. The van der Waals surface area contributed by atoms with E-state index in [2.05, 4.69) is 10.4 Å². The molecule has 1 aromatic heterocycles. The molecule has 150 valence electrons. The fourth-order valence-corrected chi connectivity index (χ4v) is 3.28. The highest BCUT2D eigenvalue weighted by Crippen LogP contribution is 2.18. The van der Waals surface area contributed by atoms with Crippen LogP contribution >= 0.6 is 11.6 Å². The summed E-state index contributed by atoms with van der Waals surface area (Å²) in [5.74, 6) is -0.0671. The Morgan fingerprint density at radius 2 is 1.93 bits per heavy atom. The lowest BCUT2D eigenvalue weighted by molar-refractivity contribution is -0.908. The second-order valence-corrected chi connectivity index (χ2v) is 7.29. The molecule has 3 rings (SSSR count). The third-order valence-corrected chi connectivity index (χ3v) is 5.04. The number of carbonyl (C=O) groups excluding carboxylic acids is 1. The standard InChI is InChI=1S/C20H25ClN4O3/c21-17-4-2-16(3-5-17)18-6-7-20(27)25(23-18)11-8-19(26)22-9-1-10-24-12-14-28-15-13-24/h2-7H,1,8-15H2,(H,22,26)/p+1. The molecule has 0 bridgehead atoms. The summed E-state index contributed by atoms with van der Waals surface area (Å²) >= 11 is 5.91. The number of amides is 1. The molecule has 1 aromatic carbocycles. The first-order valence-corrected chi connectivity index (χ1v) is 10.0. The van der Waals surface area contributed by atoms with Crippen LogP contribution in [0.5, 0.6) is 0 Å². The van der Waals surface area contributed by atoms with Gasteiger partial charge in [0.1, 0.15) is 13.1 Å². The van der Waals surface area contributed by atoms with Gasteiger partial charge in [0.2, 0.25) is 5.91 Å². The Morgan fingerprint density at radius 1 is 1.18 bits per heavy atom. The third-order valence-electron chi connectivity index (χ3n) is 4.79. The minimum atomic E-state index is -0.221. The van der Waals surface area contributed by atoms with E-state index in [0.29, 0.717) is 17.3 Å². The number of nitrogens with one attached hydrogen (secondary N) is 2. The van der Waals surface area contributed by atoms with Crippen LogP contribution in [0, 0.1) is 0 Å². The maximum Gasteiger partial charge on any atom is 0.266 e. The largest absolute Gasteiger partial charge is 0.370 e. The van der Waals surface area contributed by atoms with Gasteiger partial charge in [-0.1, -0.05) is 23.7 Å². The van der Waals surface area contributed by atoms with Crippen molar-refractivity contribution in [1.82, 2.24) is 15.1 Å². The van der Waals surface area contributed by atoms with Crippen molar-refractivity contribution >= 4 is 17.5 Å². The van der Waals surface area contributed by atoms with E-state index in [0.717, 1.165) is 44.8 Å². The lowest BCUT2D eigenvalue weighted by Gasteiger charge is -2.23. The van der Waals surface area contributed by atoms with Gasteiger partial charge in [0, 0.05) is 36.0 Å². The smallest absolute Gasteiger partial charge is 0.266 e. The zero-order valence-electron chi connectivity index (χ0n) is 15.8. The molecule has 2 aromatic rings. The highest BCUT2D eigenvalue weighted by atomic mass is 35.5. The molecular weight excluding hydrogens is 380 g/mol. The topological polar surface area (TPSA) is 77.7 Å². The number of hydrogen-bond donors (Lipinski definition) is 2. The second-order valence-electron chi connectivity index (χ2n) is 6.85. The lowest BCUT2D eigenvalue weighted by Crippen LogP contribution is -3.14. The van der Waals surface area contributed by atoms with E-state index in [4.69, 9.17) is 16.3 Å². The molecule has 0 atom stereocenters. The molecule has 1 saturated heterocycles. The van der Waals surface area contributed by atoms with E-state index in [1.165, 1.54) is 15.6 Å². The first-order valence-electron chi connectivity index (χ1n) is 9.64. The van der Waals surface area contributed by atoms with Crippen molar-refractivity contribution in [3.05, 3.63) is 51.8 Å². The van der Waals surface area contributed by atoms with E-state index >= 15 is 0 Å². The Morgan fingerprint density at radius 3 is 2.68 bits per heavy atom. The minimum Gasteiger partial charge on any atom is -0.370 e. The number of nitrogens with zero attached hydrogens (tertiary/aromatic N) is 2. The van der Waals surface area contributed by atoms with Gasteiger partial charge in [-0.3, -0.25) is 9.59 Å². The van der Waals surface area contributed by atoms with Crippen LogP contribution in [0.1, 0.15) is 12.8 Å². The van der Waals surface area contributed by atoms with Gasteiger partial charge in [0.15, 0.2) is 0 Å². The Bertz CT molecular complexity index is 832. The molecule has 2 N–H and O–H groups in total. The molecule has 28 heavy (non-hydrogen) atoms. The third kappa shape index (κ3) is 6.15. The number of carbonyl (C=O) groups is 1. The molecule has 0 aliphatic carbocycles. The van der Waals surface area contributed by atoms with Crippen molar-refractivity contribution in [1.29, 1.82) is 0 Å². The van der Waals surface area contributed by atoms with E-state index in [1.807, 2.05) is 12.1 Å². The van der Waals surface area contributed by atoms with Crippen molar-refractivity contribution in [2.24, 2.45) is 0 Å². The molecule has 1 aliphatic rings. The molecular formula is C20H26ClN4O3+. The molecule has 1 amide bonds. The van der Waals surface area contributed by atoms with Crippen LogP contribution in [-0.2, 0) is 16.1 Å². The van der Waals surface area contributed by atoms with Gasteiger partial charge in [-0.15, -0.1) is 0 Å². The zero-order valence-corrected chi connectivity index (χ0v) is 16.6. The highest BCUT2D eigenvalue weighted by molar-refractivity contribution is 6.30. The average molecular weight is 406 g/mol. The van der Waals surface area contributed by atoms with Crippen LogP contribution in [0.15, 0.2) is 41.2 Å². The quantitative estimate of drug-likeness (QED) is 0.622. The van der Waals surface area contributed by atoms with Crippen molar-refractivity contribution in [3.63, 3.8) is 0 Å². The lowest BCUT2D eigenvalue weighted by atomic mass is 10.1. The molecule has 2 heterocycles. The maximum atomic E-state index is 12.1. The van der Waals surface area contributed by atoms with Gasteiger partial charge in [-0.05, 0) is 18.2 Å². The number of ether oxygens (including phenoxy) is 1. The minimum absolute atomic E-state index is 0.0671. The van der Waals surface area contributed by atoms with Crippen molar-refractivity contribution < 1.29 is 14.4 Å². The molecule has 1 fully saturated rings. The predicted molar refractivity (Wildman–Crippen MR) is 108 cm³/mol. The maximum absolute atomic E-state index is 12.1. The molecule has 0 unspecified atom stereocenters. The molecule has 0 radical (unpaired) electrons. The number of hydrogen-bond acceptors (Lipinski definition) is 4. The van der Waals surface area contributed by atoms with Crippen LogP contribution in [0.2, 0.25) is 5.02 Å². The normalized spacial score (nSPS) is 14.8. The van der Waals surface area contributed by atoms with Crippen LogP contribution in [0.25, 0.3) is 11.3 Å². The van der Waals surface area contributed by atoms with Crippen molar-refractivity contribution in [2.45, 2.75) is 19.4 Å². The van der Waals surface area contributed by atoms with Crippen molar-refractivity contribution in [3.8, 4) is 11.3 Å². The monoisotopic (exact) mass is 405 g/mol. The first kappa shape index (κ1) is 20.5. The summed E-state index contributed by atoms with van der Waals surface area (Å²) in [6.07, 6.45) is 1.16. The number of benzene rings is 1. The predicted octanol–water partition coefficient (Wildman–Crippen LogP) is 0.375. The summed E-state index contributed by atoms with van der Waals surface area (Å²) < 4.78 is 6.67. The number of quaternary nitrogens is 1. The van der Waals surface area contributed by atoms with E-state index in [9.17, 15) is 9.59 Å². The number of aromatic nitrogens is 2. The van der Waals surface area contributed by atoms with Gasteiger partial charge >= 0.3 is 0 Å². The summed E-state index contributed by atoms with van der Waals surface area (Å²) in [5.41, 5.74) is 1.32. The summed E-state index contributed by atoms with van der Waals surface area (Å²) in [7, 11) is 0. The molecule has 0 saturated carbocycles. The Balaban J connectivity index is 1.45. The summed E-state index contributed by atoms with van der Waals surface area (Å²) in [6.45, 7) is 5.64. The number of morpholine rings is 1. The molecule has 8 heteroatoms. The summed E-state index contributed by atoms with van der Waals surface area (Å²) in [5, 5.41) is 7.93. The van der Waals surface area contributed by atoms with Gasteiger partial charge < -0.3 is 15.0 Å². The van der Waals surface area contributed by atoms with E-state index in [1.54, 1.807) is 18.2 Å². The van der Waals surface area contributed by atoms with Crippen LogP contribution in [0.3, 0.4) is 0 Å². The van der Waals surface area contributed by atoms with Crippen LogP contribution in [-0.4, -0.2) is 55.1 Å². The SMILES string of the molecule is O=C(CCn1nc(-c2ccc(Cl)cc2)ccc1=O)NCCC[NH+]1CCOCC1. The van der Waals surface area contributed by atoms with E-state index < -0.39 is 0 Å². The zero-order chi connectivity index (χ0) is 19.8. The molecule has 1 aliphatic heterocycles. The number of aryl methyl sites for hydroxylation is 1. The van der Waals surface area contributed by atoms with Crippen LogP contribution in [0.4, 0.5) is 0 Å². The molecule has 0 spiro atoms. The van der Waals surface area contributed by atoms with Crippen molar-refractivity contribution in [2.75, 3.05) is 39.4 Å². The van der Waals surface area contributed by atoms with Gasteiger partial charge in [0.05, 0.1) is 32.0 Å². The Labute approximate surface area is 169 Å². The van der Waals surface area contributed by atoms with Gasteiger partial charge in [-0.2, -0.15) is 5.10 Å². The second kappa shape index (κ2) is 10.4. The fourth-order valence-electron chi connectivity index (χ4n) is 3.16. The Kier molecular flexibility index (Phi) is 7.59. The summed E-state index contributed by atoms with van der Waals surface area (Å²) in [4.78, 5) is 25.6.